The monoisotopic (exact) mass is 458 g/mol. The van der Waals surface area contributed by atoms with Crippen LogP contribution in [0.5, 0.6) is 0 Å². The summed E-state index contributed by atoms with van der Waals surface area (Å²) in [6.07, 6.45) is 0. The number of nitrogens with one attached hydrogen (secondary N) is 2. The standard InChI is InChI=1S/C27H30N4O3/c1-4-31(5-2)27(34)21-12-10-14-23(18-21)29-25(32)19-28-22-13-9-11-20(17-22)26(33)30(3)24-15-7-6-8-16-24/h6-18,28H,4-5,19H2,1-3H3,(H,29,32). The van der Waals surface area contributed by atoms with Crippen molar-refractivity contribution in [2.24, 2.45) is 0 Å². The highest BCUT2D eigenvalue weighted by Crippen LogP contribution is 2.18. The predicted molar refractivity (Wildman–Crippen MR) is 136 cm³/mol. The molecular weight excluding hydrogens is 428 g/mol. The van der Waals surface area contributed by atoms with Gasteiger partial charge in [0.1, 0.15) is 0 Å². The molecule has 0 saturated heterocycles. The second-order valence-corrected chi connectivity index (χ2v) is 7.74. The van der Waals surface area contributed by atoms with E-state index in [0.717, 1.165) is 5.69 Å². The van der Waals surface area contributed by atoms with Gasteiger partial charge in [-0.1, -0.05) is 30.3 Å². The maximum Gasteiger partial charge on any atom is 0.258 e. The molecule has 3 aromatic carbocycles. The predicted octanol–water partition coefficient (Wildman–Crippen LogP) is 4.50. The van der Waals surface area contributed by atoms with E-state index in [-0.39, 0.29) is 24.3 Å². The van der Waals surface area contributed by atoms with Gasteiger partial charge in [-0.25, -0.2) is 0 Å². The van der Waals surface area contributed by atoms with E-state index in [1.807, 2.05) is 44.2 Å². The number of amides is 3. The molecule has 7 nitrogen and oxygen atoms in total. The van der Waals surface area contributed by atoms with E-state index < -0.39 is 0 Å². The van der Waals surface area contributed by atoms with Gasteiger partial charge in [0.2, 0.25) is 5.91 Å². The van der Waals surface area contributed by atoms with E-state index in [4.69, 9.17) is 0 Å². The Morgan fingerprint density at radius 1 is 0.735 bits per heavy atom. The second kappa shape index (κ2) is 11.7. The lowest BCUT2D eigenvalue weighted by atomic mass is 10.1. The molecule has 0 atom stereocenters. The first-order valence-electron chi connectivity index (χ1n) is 11.3. The Morgan fingerprint density at radius 3 is 1.97 bits per heavy atom. The lowest BCUT2D eigenvalue weighted by molar-refractivity contribution is -0.114. The van der Waals surface area contributed by atoms with E-state index in [2.05, 4.69) is 10.6 Å². The number of carbonyl (C=O) groups excluding carboxylic acids is 3. The van der Waals surface area contributed by atoms with Gasteiger partial charge in [0.25, 0.3) is 11.8 Å². The average Bonchev–Trinajstić information content (AvgIpc) is 2.88. The van der Waals surface area contributed by atoms with Crippen molar-refractivity contribution < 1.29 is 14.4 Å². The van der Waals surface area contributed by atoms with Crippen LogP contribution >= 0.6 is 0 Å². The normalized spacial score (nSPS) is 10.3. The highest BCUT2D eigenvalue weighted by Gasteiger charge is 2.15. The van der Waals surface area contributed by atoms with Crippen LogP contribution in [0, 0.1) is 0 Å². The van der Waals surface area contributed by atoms with Crippen LogP contribution in [0.4, 0.5) is 17.1 Å². The number of para-hydroxylation sites is 1. The highest BCUT2D eigenvalue weighted by atomic mass is 16.2. The minimum atomic E-state index is -0.259. The molecule has 0 saturated carbocycles. The van der Waals surface area contributed by atoms with E-state index in [1.165, 1.54) is 0 Å². The van der Waals surface area contributed by atoms with Crippen LogP contribution < -0.4 is 15.5 Å². The molecule has 0 unspecified atom stereocenters. The Balaban J connectivity index is 1.60. The summed E-state index contributed by atoms with van der Waals surface area (Å²) in [5, 5.41) is 5.87. The van der Waals surface area contributed by atoms with Gasteiger partial charge >= 0.3 is 0 Å². The first-order valence-corrected chi connectivity index (χ1v) is 11.3. The Morgan fingerprint density at radius 2 is 1.32 bits per heavy atom. The number of rotatable bonds is 9. The summed E-state index contributed by atoms with van der Waals surface area (Å²) in [6, 6.07) is 23.3. The molecule has 0 aromatic heterocycles. The third-order valence-corrected chi connectivity index (χ3v) is 5.45. The maximum absolute atomic E-state index is 12.8. The van der Waals surface area contributed by atoms with Gasteiger partial charge in [0, 0.05) is 48.3 Å². The number of carbonyl (C=O) groups is 3. The number of anilines is 3. The Bertz CT molecular complexity index is 1140. The van der Waals surface area contributed by atoms with Crippen molar-refractivity contribution in [3.63, 3.8) is 0 Å². The quantitative estimate of drug-likeness (QED) is 0.495. The smallest absolute Gasteiger partial charge is 0.258 e. The molecule has 0 aliphatic rings. The highest BCUT2D eigenvalue weighted by molar-refractivity contribution is 6.06. The third kappa shape index (κ3) is 6.22. The molecule has 0 bridgehead atoms. The zero-order valence-electron chi connectivity index (χ0n) is 19.7. The largest absolute Gasteiger partial charge is 0.376 e. The molecule has 3 amide bonds. The first kappa shape index (κ1) is 24.5. The van der Waals surface area contributed by atoms with E-state index in [0.29, 0.717) is 35.6 Å². The first-order chi connectivity index (χ1) is 16.4. The van der Waals surface area contributed by atoms with Gasteiger partial charge in [0.05, 0.1) is 6.54 Å². The Labute approximate surface area is 200 Å². The van der Waals surface area contributed by atoms with Crippen molar-refractivity contribution in [3.05, 3.63) is 90.0 Å². The summed E-state index contributed by atoms with van der Waals surface area (Å²) in [7, 11) is 1.73. The summed E-state index contributed by atoms with van der Waals surface area (Å²) >= 11 is 0. The molecular formula is C27H30N4O3. The summed E-state index contributed by atoms with van der Waals surface area (Å²) < 4.78 is 0. The topological polar surface area (TPSA) is 81.8 Å². The zero-order valence-corrected chi connectivity index (χ0v) is 19.7. The van der Waals surface area contributed by atoms with Crippen LogP contribution in [0.15, 0.2) is 78.9 Å². The molecule has 176 valence electrons. The van der Waals surface area contributed by atoms with Crippen LogP contribution in [0.1, 0.15) is 34.6 Å². The van der Waals surface area contributed by atoms with Gasteiger partial charge in [-0.05, 0) is 62.4 Å². The molecule has 3 rings (SSSR count). The summed E-state index contributed by atoms with van der Waals surface area (Å²) in [5.74, 6) is -0.472. The lowest BCUT2D eigenvalue weighted by Gasteiger charge is -2.19. The van der Waals surface area contributed by atoms with Crippen molar-refractivity contribution in [3.8, 4) is 0 Å². The van der Waals surface area contributed by atoms with Gasteiger partial charge < -0.3 is 20.4 Å². The van der Waals surface area contributed by atoms with Crippen molar-refractivity contribution in [2.45, 2.75) is 13.8 Å². The van der Waals surface area contributed by atoms with E-state index >= 15 is 0 Å². The fourth-order valence-electron chi connectivity index (χ4n) is 3.54. The van der Waals surface area contributed by atoms with Crippen LogP contribution in [0.25, 0.3) is 0 Å². The van der Waals surface area contributed by atoms with E-state index in [9.17, 15) is 14.4 Å². The molecule has 7 heteroatoms. The fourth-order valence-corrected chi connectivity index (χ4v) is 3.54. The van der Waals surface area contributed by atoms with Crippen molar-refractivity contribution in [2.75, 3.05) is 42.2 Å². The van der Waals surface area contributed by atoms with Gasteiger partial charge in [-0.2, -0.15) is 0 Å². The third-order valence-electron chi connectivity index (χ3n) is 5.45. The van der Waals surface area contributed by atoms with E-state index in [1.54, 1.807) is 65.4 Å². The molecule has 0 spiro atoms. The van der Waals surface area contributed by atoms with Crippen molar-refractivity contribution in [1.82, 2.24) is 4.90 Å². The number of nitrogens with zero attached hydrogens (tertiary/aromatic N) is 2. The minimum absolute atomic E-state index is 0.0143. The molecule has 0 heterocycles. The van der Waals surface area contributed by atoms with Gasteiger partial charge in [-0.3, -0.25) is 14.4 Å². The summed E-state index contributed by atoms with van der Waals surface area (Å²) in [6.45, 7) is 5.12. The molecule has 2 N–H and O–H groups in total. The van der Waals surface area contributed by atoms with Crippen molar-refractivity contribution >= 4 is 34.8 Å². The maximum atomic E-state index is 12.8. The second-order valence-electron chi connectivity index (χ2n) is 7.74. The lowest BCUT2D eigenvalue weighted by Crippen LogP contribution is -2.30. The zero-order chi connectivity index (χ0) is 24.5. The Hall–Kier alpha value is -4.13. The SMILES string of the molecule is CCN(CC)C(=O)c1cccc(NC(=O)CNc2cccc(C(=O)N(C)c3ccccc3)c2)c1. The van der Waals surface area contributed by atoms with Gasteiger partial charge in [-0.15, -0.1) is 0 Å². The summed E-state index contributed by atoms with van der Waals surface area (Å²) in [5.41, 5.74) is 3.06. The van der Waals surface area contributed by atoms with Crippen LogP contribution in [-0.2, 0) is 4.79 Å². The molecule has 0 radical (unpaired) electrons. The molecule has 0 aliphatic heterocycles. The number of benzene rings is 3. The molecule has 0 aliphatic carbocycles. The average molecular weight is 459 g/mol. The van der Waals surface area contributed by atoms with Crippen molar-refractivity contribution in [1.29, 1.82) is 0 Å². The van der Waals surface area contributed by atoms with Gasteiger partial charge in [0.15, 0.2) is 0 Å². The Kier molecular flexibility index (Phi) is 8.40. The fraction of sp³-hybridized carbons (Fsp3) is 0.222. The summed E-state index contributed by atoms with van der Waals surface area (Å²) in [4.78, 5) is 41.2. The van der Waals surface area contributed by atoms with Crippen LogP contribution in [0.3, 0.4) is 0 Å². The minimum Gasteiger partial charge on any atom is -0.376 e. The molecule has 3 aromatic rings. The molecule has 34 heavy (non-hydrogen) atoms. The van der Waals surface area contributed by atoms with Crippen LogP contribution in [-0.4, -0.2) is 49.3 Å². The van der Waals surface area contributed by atoms with Crippen LogP contribution in [0.2, 0.25) is 0 Å². The molecule has 0 fully saturated rings. The number of hydrogen-bond acceptors (Lipinski definition) is 4. The number of hydrogen-bond donors (Lipinski definition) is 2.